The Balaban J connectivity index is 1.65. The molecule has 0 saturated carbocycles. The molecule has 0 radical (unpaired) electrons. The lowest BCUT2D eigenvalue weighted by molar-refractivity contribution is 0.472. The van der Waals surface area contributed by atoms with E-state index in [0.29, 0.717) is 34.6 Å². The van der Waals surface area contributed by atoms with Gasteiger partial charge in [0, 0.05) is 0 Å². The summed E-state index contributed by atoms with van der Waals surface area (Å²) < 4.78 is 0. The Kier molecular flexibility index (Phi) is 5.90. The van der Waals surface area contributed by atoms with Gasteiger partial charge in [0.25, 0.3) is 0 Å². The summed E-state index contributed by atoms with van der Waals surface area (Å²) in [5.41, 5.74) is 1.35. The molecule has 0 spiro atoms. The summed E-state index contributed by atoms with van der Waals surface area (Å²) >= 11 is 0. The lowest BCUT2D eigenvalue weighted by atomic mass is 10.2. The second-order valence-electron chi connectivity index (χ2n) is 7.69. The molecule has 0 aliphatic carbocycles. The molecule has 4 heterocycles. The molecule has 0 amide bonds. The van der Waals surface area contributed by atoms with Gasteiger partial charge in [0.2, 0.25) is 0 Å². The summed E-state index contributed by atoms with van der Waals surface area (Å²) in [6, 6.07) is 20.1. The number of aromatic nitrogens is 4. The second-order valence-corrected chi connectivity index (χ2v) is 7.69. The van der Waals surface area contributed by atoms with E-state index in [-0.39, 0.29) is 23.0 Å². The monoisotopic (exact) mass is 480 g/mol. The SMILES string of the molecule is Oc1ccc(N(c2cccc(N(c3ccc(O)cn3)c3ccc(O)cn3)c2)c2ccc(O)cn2)nc1. The van der Waals surface area contributed by atoms with Gasteiger partial charge in [-0.15, -0.1) is 0 Å². The molecule has 1 aromatic carbocycles. The van der Waals surface area contributed by atoms with Crippen LogP contribution in [0.25, 0.3) is 0 Å². The number of hydrogen-bond donors (Lipinski definition) is 4. The molecular weight excluding hydrogens is 460 g/mol. The largest absolute Gasteiger partial charge is 0.506 e. The van der Waals surface area contributed by atoms with E-state index in [4.69, 9.17) is 0 Å². The zero-order valence-corrected chi connectivity index (χ0v) is 18.7. The Morgan fingerprint density at radius 1 is 0.417 bits per heavy atom. The third-order valence-corrected chi connectivity index (χ3v) is 5.19. The van der Waals surface area contributed by atoms with Crippen molar-refractivity contribution in [3.8, 4) is 23.0 Å². The highest BCUT2D eigenvalue weighted by molar-refractivity contribution is 5.79. The van der Waals surface area contributed by atoms with Crippen molar-refractivity contribution in [2.75, 3.05) is 9.80 Å². The van der Waals surface area contributed by atoms with Crippen LogP contribution in [0.5, 0.6) is 23.0 Å². The summed E-state index contributed by atoms with van der Waals surface area (Å²) in [6.45, 7) is 0. The standard InChI is InChI=1S/C26H20N6O4/c33-19-4-8-23(27-13-19)31(24-9-5-20(34)14-28-24)17-2-1-3-18(12-17)32(25-10-6-21(35)15-29-25)26-11-7-22(36)16-30-26/h1-16,33-36H. The van der Waals surface area contributed by atoms with Crippen molar-refractivity contribution in [2.45, 2.75) is 0 Å². The lowest BCUT2D eigenvalue weighted by Gasteiger charge is -2.27. The lowest BCUT2D eigenvalue weighted by Crippen LogP contribution is -2.15. The van der Waals surface area contributed by atoms with Gasteiger partial charge in [-0.2, -0.15) is 0 Å². The fraction of sp³-hybridized carbons (Fsp3) is 0. The zero-order chi connectivity index (χ0) is 25.1. The minimum atomic E-state index is 0.0223. The van der Waals surface area contributed by atoms with E-state index in [2.05, 4.69) is 19.9 Å². The van der Waals surface area contributed by atoms with Crippen LogP contribution in [0.3, 0.4) is 0 Å². The van der Waals surface area contributed by atoms with Crippen molar-refractivity contribution >= 4 is 34.6 Å². The van der Waals surface area contributed by atoms with Crippen LogP contribution < -0.4 is 9.80 Å². The fourth-order valence-electron chi connectivity index (χ4n) is 3.58. The van der Waals surface area contributed by atoms with Gasteiger partial charge in [-0.1, -0.05) is 6.07 Å². The first-order valence-electron chi connectivity index (χ1n) is 10.8. The van der Waals surface area contributed by atoms with Crippen molar-refractivity contribution < 1.29 is 20.4 Å². The minimum absolute atomic E-state index is 0.0223. The van der Waals surface area contributed by atoms with Gasteiger partial charge >= 0.3 is 0 Å². The summed E-state index contributed by atoms with van der Waals surface area (Å²) in [6.07, 6.45) is 5.33. The van der Waals surface area contributed by atoms with E-state index in [0.717, 1.165) is 0 Å². The number of nitrogens with zero attached hydrogens (tertiary/aromatic N) is 6. The Bertz CT molecular complexity index is 1260. The number of anilines is 6. The highest BCUT2D eigenvalue weighted by Crippen LogP contribution is 2.38. The van der Waals surface area contributed by atoms with Gasteiger partial charge in [0.05, 0.1) is 36.2 Å². The molecule has 10 heteroatoms. The number of rotatable bonds is 6. The van der Waals surface area contributed by atoms with Crippen molar-refractivity contribution in [1.82, 2.24) is 19.9 Å². The highest BCUT2D eigenvalue weighted by Gasteiger charge is 2.20. The van der Waals surface area contributed by atoms with Gasteiger partial charge in [0.15, 0.2) is 0 Å². The molecule has 5 aromatic rings. The molecule has 178 valence electrons. The molecule has 0 unspecified atom stereocenters. The Hall–Kier alpha value is -5.38. The molecule has 0 aliphatic rings. The average molecular weight is 480 g/mol. The van der Waals surface area contributed by atoms with E-state index in [1.807, 2.05) is 24.3 Å². The fourth-order valence-corrected chi connectivity index (χ4v) is 3.58. The van der Waals surface area contributed by atoms with Crippen molar-refractivity contribution in [1.29, 1.82) is 0 Å². The molecule has 4 N–H and O–H groups in total. The van der Waals surface area contributed by atoms with E-state index in [1.165, 1.54) is 49.1 Å². The predicted molar refractivity (Wildman–Crippen MR) is 134 cm³/mol. The number of hydrogen-bond acceptors (Lipinski definition) is 10. The topological polar surface area (TPSA) is 139 Å². The Labute approximate surface area is 205 Å². The first-order chi connectivity index (χ1) is 17.5. The van der Waals surface area contributed by atoms with Crippen LogP contribution in [-0.4, -0.2) is 40.4 Å². The molecule has 10 nitrogen and oxygen atoms in total. The minimum Gasteiger partial charge on any atom is -0.506 e. The molecule has 0 fully saturated rings. The van der Waals surface area contributed by atoms with Gasteiger partial charge in [-0.05, 0) is 66.7 Å². The molecule has 5 rings (SSSR count). The third kappa shape index (κ3) is 4.64. The second kappa shape index (κ2) is 9.47. The molecular formula is C26H20N6O4. The van der Waals surface area contributed by atoms with Crippen LogP contribution in [0.4, 0.5) is 34.6 Å². The maximum atomic E-state index is 9.74. The van der Waals surface area contributed by atoms with Gasteiger partial charge < -0.3 is 20.4 Å². The first kappa shape index (κ1) is 22.4. The van der Waals surface area contributed by atoms with Crippen molar-refractivity contribution in [3.63, 3.8) is 0 Å². The number of aromatic hydroxyl groups is 4. The highest BCUT2D eigenvalue weighted by atomic mass is 16.3. The maximum absolute atomic E-state index is 9.74. The average Bonchev–Trinajstić information content (AvgIpc) is 2.89. The third-order valence-electron chi connectivity index (χ3n) is 5.19. The van der Waals surface area contributed by atoms with Crippen LogP contribution in [-0.2, 0) is 0 Å². The normalized spacial score (nSPS) is 10.7. The van der Waals surface area contributed by atoms with E-state index in [1.54, 1.807) is 34.1 Å². The number of pyridine rings is 4. The molecule has 0 aliphatic heterocycles. The van der Waals surface area contributed by atoms with E-state index < -0.39 is 0 Å². The van der Waals surface area contributed by atoms with E-state index >= 15 is 0 Å². The van der Waals surface area contributed by atoms with Crippen molar-refractivity contribution in [2.24, 2.45) is 0 Å². The molecule has 36 heavy (non-hydrogen) atoms. The maximum Gasteiger partial charge on any atom is 0.138 e. The summed E-state index contributed by atoms with van der Waals surface area (Å²) in [4.78, 5) is 20.9. The molecule has 0 atom stereocenters. The Morgan fingerprint density at radius 3 is 0.972 bits per heavy atom. The molecule has 0 saturated heterocycles. The van der Waals surface area contributed by atoms with Crippen molar-refractivity contribution in [3.05, 3.63) is 97.6 Å². The smallest absolute Gasteiger partial charge is 0.138 e. The van der Waals surface area contributed by atoms with E-state index in [9.17, 15) is 20.4 Å². The molecule has 0 bridgehead atoms. The zero-order valence-electron chi connectivity index (χ0n) is 18.7. The summed E-state index contributed by atoms with van der Waals surface area (Å²) in [5, 5.41) is 39.0. The van der Waals surface area contributed by atoms with Crippen LogP contribution in [0.15, 0.2) is 97.6 Å². The van der Waals surface area contributed by atoms with Crippen LogP contribution in [0.2, 0.25) is 0 Å². The van der Waals surface area contributed by atoms with Gasteiger partial charge in [-0.25, -0.2) is 19.9 Å². The van der Waals surface area contributed by atoms with Crippen LogP contribution >= 0.6 is 0 Å². The van der Waals surface area contributed by atoms with Crippen LogP contribution in [0, 0.1) is 0 Å². The van der Waals surface area contributed by atoms with Gasteiger partial charge in [0.1, 0.15) is 46.3 Å². The van der Waals surface area contributed by atoms with Gasteiger partial charge in [-0.3, -0.25) is 9.80 Å². The van der Waals surface area contributed by atoms with Crippen LogP contribution in [0.1, 0.15) is 0 Å². The quantitative estimate of drug-likeness (QED) is 0.262. The predicted octanol–water partition coefficient (Wildman–Crippen LogP) is 5.03. The summed E-state index contributed by atoms with van der Waals surface area (Å²) in [7, 11) is 0. The Morgan fingerprint density at radius 2 is 0.722 bits per heavy atom. The first-order valence-corrected chi connectivity index (χ1v) is 10.8. The molecule has 4 aromatic heterocycles. The number of benzene rings is 1. The summed E-state index contributed by atoms with van der Waals surface area (Å²) in [5.74, 6) is 2.03.